The summed E-state index contributed by atoms with van der Waals surface area (Å²) in [6, 6.07) is 6.03. The summed E-state index contributed by atoms with van der Waals surface area (Å²) in [6.45, 7) is 3.82. The lowest BCUT2D eigenvalue weighted by molar-refractivity contribution is -0.384. The van der Waals surface area contributed by atoms with Crippen molar-refractivity contribution in [3.05, 3.63) is 67.1 Å². The first-order chi connectivity index (χ1) is 11.0. The zero-order valence-corrected chi connectivity index (χ0v) is 13.2. The number of hydrogen-bond donors (Lipinski definition) is 0. The normalized spacial score (nSPS) is 11.4. The molecule has 1 aromatic carbocycles. The van der Waals surface area contributed by atoms with Gasteiger partial charge in [0.05, 0.1) is 16.5 Å². The third kappa shape index (κ3) is 2.76. The molecule has 0 saturated carbocycles. The predicted molar refractivity (Wildman–Crippen MR) is 89.4 cm³/mol. The van der Waals surface area contributed by atoms with E-state index in [9.17, 15) is 14.9 Å². The lowest BCUT2D eigenvalue weighted by Crippen LogP contribution is -2.16. The SMILES string of the molecule is Cc1sc2ncn(/N=C\c3cccc([N+](=O)[O-])c3)c(=O)c2c1C. The third-order valence-electron chi connectivity index (χ3n) is 3.49. The monoisotopic (exact) mass is 328 g/mol. The quantitative estimate of drug-likeness (QED) is 0.420. The van der Waals surface area contributed by atoms with E-state index in [1.807, 2.05) is 13.8 Å². The summed E-state index contributed by atoms with van der Waals surface area (Å²) in [4.78, 5) is 28.7. The van der Waals surface area contributed by atoms with Gasteiger partial charge in [0.2, 0.25) is 0 Å². The van der Waals surface area contributed by atoms with Crippen LogP contribution in [0.15, 0.2) is 40.5 Å². The molecule has 0 aliphatic heterocycles. The standard InChI is InChI=1S/C15H12N4O3S/c1-9-10(2)23-14-13(9)15(20)18(8-16-14)17-7-11-4-3-5-12(6-11)19(21)22/h3-8H,1-2H3/b17-7-. The second kappa shape index (κ2) is 5.73. The predicted octanol–water partition coefficient (Wildman–Crippen LogP) is 2.87. The van der Waals surface area contributed by atoms with Gasteiger partial charge in [0.15, 0.2) is 0 Å². The first-order valence-corrected chi connectivity index (χ1v) is 7.55. The second-order valence-electron chi connectivity index (χ2n) is 4.95. The molecule has 0 spiro atoms. The molecule has 0 amide bonds. The zero-order chi connectivity index (χ0) is 16.6. The average molecular weight is 328 g/mol. The molecule has 3 rings (SSSR count). The number of thiophene rings is 1. The third-order valence-corrected chi connectivity index (χ3v) is 4.60. The highest BCUT2D eigenvalue weighted by atomic mass is 32.1. The van der Waals surface area contributed by atoms with E-state index in [0.717, 1.165) is 15.1 Å². The van der Waals surface area contributed by atoms with Crippen LogP contribution in [0.25, 0.3) is 10.2 Å². The minimum atomic E-state index is -0.478. The fourth-order valence-corrected chi connectivity index (χ4v) is 3.14. The van der Waals surface area contributed by atoms with Crippen LogP contribution >= 0.6 is 11.3 Å². The van der Waals surface area contributed by atoms with Crippen LogP contribution in [0.5, 0.6) is 0 Å². The summed E-state index contributed by atoms with van der Waals surface area (Å²) in [5, 5.41) is 15.4. The Bertz CT molecular complexity index is 1000. The van der Waals surface area contributed by atoms with Crippen molar-refractivity contribution in [1.82, 2.24) is 9.66 Å². The van der Waals surface area contributed by atoms with Gasteiger partial charge in [-0.1, -0.05) is 12.1 Å². The van der Waals surface area contributed by atoms with Crippen molar-refractivity contribution in [2.24, 2.45) is 5.10 Å². The molecule has 0 atom stereocenters. The maximum absolute atomic E-state index is 12.5. The summed E-state index contributed by atoms with van der Waals surface area (Å²) in [7, 11) is 0. The Morgan fingerprint density at radius 2 is 2.17 bits per heavy atom. The van der Waals surface area contributed by atoms with Gasteiger partial charge in [0.25, 0.3) is 11.2 Å². The molecule has 0 saturated heterocycles. The van der Waals surface area contributed by atoms with Crippen LogP contribution in [0.4, 0.5) is 5.69 Å². The number of fused-ring (bicyclic) bond motifs is 1. The van der Waals surface area contributed by atoms with Gasteiger partial charge in [-0.3, -0.25) is 14.9 Å². The van der Waals surface area contributed by atoms with E-state index in [1.165, 1.54) is 36.0 Å². The van der Waals surface area contributed by atoms with Crippen molar-refractivity contribution in [2.45, 2.75) is 13.8 Å². The highest BCUT2D eigenvalue weighted by Crippen LogP contribution is 2.25. The first-order valence-electron chi connectivity index (χ1n) is 6.73. The van der Waals surface area contributed by atoms with Gasteiger partial charge < -0.3 is 0 Å². The van der Waals surface area contributed by atoms with Crippen LogP contribution in [0, 0.1) is 24.0 Å². The van der Waals surface area contributed by atoms with E-state index >= 15 is 0 Å². The second-order valence-corrected chi connectivity index (χ2v) is 6.16. The highest BCUT2D eigenvalue weighted by molar-refractivity contribution is 7.18. The van der Waals surface area contributed by atoms with E-state index in [2.05, 4.69) is 10.1 Å². The number of nitro benzene ring substituents is 1. The Hall–Kier alpha value is -2.87. The maximum Gasteiger partial charge on any atom is 0.282 e. The van der Waals surface area contributed by atoms with Gasteiger partial charge in [0.1, 0.15) is 11.2 Å². The molecule has 0 aliphatic rings. The van der Waals surface area contributed by atoms with Gasteiger partial charge in [-0.05, 0) is 19.4 Å². The first kappa shape index (κ1) is 15.0. The molecule has 3 aromatic rings. The Labute approximate surface area is 134 Å². The molecule has 2 heterocycles. The van der Waals surface area contributed by atoms with Gasteiger partial charge in [-0.15, -0.1) is 11.3 Å². The average Bonchev–Trinajstić information content (AvgIpc) is 2.82. The van der Waals surface area contributed by atoms with Crippen molar-refractivity contribution >= 4 is 33.5 Å². The molecule has 7 nitrogen and oxygen atoms in total. The molecule has 0 radical (unpaired) electrons. The molecule has 0 unspecified atom stereocenters. The molecule has 0 aliphatic carbocycles. The van der Waals surface area contributed by atoms with Crippen molar-refractivity contribution in [3.63, 3.8) is 0 Å². The van der Waals surface area contributed by atoms with Gasteiger partial charge in [-0.2, -0.15) is 9.78 Å². The van der Waals surface area contributed by atoms with Crippen LogP contribution in [-0.4, -0.2) is 20.8 Å². The fraction of sp³-hybridized carbons (Fsp3) is 0.133. The van der Waals surface area contributed by atoms with E-state index < -0.39 is 4.92 Å². The van der Waals surface area contributed by atoms with Crippen LogP contribution in [0.3, 0.4) is 0 Å². The van der Waals surface area contributed by atoms with Crippen LogP contribution in [0.2, 0.25) is 0 Å². The molecule has 0 N–H and O–H groups in total. The van der Waals surface area contributed by atoms with Crippen molar-refractivity contribution in [2.75, 3.05) is 0 Å². The number of non-ortho nitro benzene ring substituents is 1. The largest absolute Gasteiger partial charge is 0.282 e. The lowest BCUT2D eigenvalue weighted by Gasteiger charge is -1.98. The number of aryl methyl sites for hydroxylation is 2. The zero-order valence-electron chi connectivity index (χ0n) is 12.4. The number of benzene rings is 1. The number of aromatic nitrogens is 2. The minimum Gasteiger partial charge on any atom is -0.267 e. The Morgan fingerprint density at radius 3 is 2.91 bits per heavy atom. The van der Waals surface area contributed by atoms with E-state index in [4.69, 9.17) is 0 Å². The summed E-state index contributed by atoms with van der Waals surface area (Å²) in [5.41, 5.74) is 1.16. The van der Waals surface area contributed by atoms with Gasteiger partial charge in [0, 0.05) is 22.6 Å². The molecular weight excluding hydrogens is 316 g/mol. The van der Waals surface area contributed by atoms with Gasteiger partial charge >= 0.3 is 0 Å². The fourth-order valence-electron chi connectivity index (χ4n) is 2.16. The number of hydrogen-bond acceptors (Lipinski definition) is 6. The summed E-state index contributed by atoms with van der Waals surface area (Å²) in [5.74, 6) is 0. The molecule has 2 aromatic heterocycles. The lowest BCUT2D eigenvalue weighted by atomic mass is 10.2. The number of nitrogens with zero attached hydrogens (tertiary/aromatic N) is 4. The number of nitro groups is 1. The molecule has 0 fully saturated rings. The molecule has 0 bridgehead atoms. The van der Waals surface area contributed by atoms with Crippen molar-refractivity contribution in [1.29, 1.82) is 0 Å². The summed E-state index contributed by atoms with van der Waals surface area (Å²) in [6.07, 6.45) is 2.75. The summed E-state index contributed by atoms with van der Waals surface area (Å²) < 4.78 is 1.14. The smallest absolute Gasteiger partial charge is 0.267 e. The summed E-state index contributed by atoms with van der Waals surface area (Å²) >= 11 is 1.47. The van der Waals surface area contributed by atoms with Crippen LogP contribution in [-0.2, 0) is 0 Å². The maximum atomic E-state index is 12.5. The Morgan fingerprint density at radius 1 is 1.39 bits per heavy atom. The van der Waals surface area contributed by atoms with E-state index in [-0.39, 0.29) is 11.2 Å². The number of rotatable bonds is 3. The van der Waals surface area contributed by atoms with Crippen LogP contribution < -0.4 is 5.56 Å². The van der Waals surface area contributed by atoms with Gasteiger partial charge in [-0.25, -0.2) is 4.98 Å². The molecular formula is C15H12N4O3S. The van der Waals surface area contributed by atoms with E-state index in [0.29, 0.717) is 15.8 Å². The Balaban J connectivity index is 2.03. The topological polar surface area (TPSA) is 90.4 Å². The van der Waals surface area contributed by atoms with Crippen molar-refractivity contribution < 1.29 is 4.92 Å². The molecule has 116 valence electrons. The van der Waals surface area contributed by atoms with Crippen LogP contribution in [0.1, 0.15) is 16.0 Å². The van der Waals surface area contributed by atoms with Crippen molar-refractivity contribution in [3.8, 4) is 0 Å². The molecule has 8 heteroatoms. The minimum absolute atomic E-state index is 0.0285. The van der Waals surface area contributed by atoms with E-state index in [1.54, 1.807) is 12.1 Å². The molecule has 23 heavy (non-hydrogen) atoms. The Kier molecular flexibility index (Phi) is 3.75. The highest BCUT2D eigenvalue weighted by Gasteiger charge is 2.11.